The number of hydrogen-bond donors (Lipinski definition) is 0. The van der Waals surface area contributed by atoms with Gasteiger partial charge in [-0.3, -0.25) is 4.79 Å². The van der Waals surface area contributed by atoms with E-state index in [1.165, 1.54) is 5.56 Å². The predicted octanol–water partition coefficient (Wildman–Crippen LogP) is 2.65. The van der Waals surface area contributed by atoms with Crippen molar-refractivity contribution >= 4 is 18.0 Å². The Kier molecular flexibility index (Phi) is 4.61. The first-order chi connectivity index (χ1) is 8.74. The Morgan fingerprint density at radius 1 is 1.50 bits per heavy atom. The SMILES string of the molecule is COCCc1ccc(Cl)c(CN(C=O)C2CC2)c1. The van der Waals surface area contributed by atoms with Crippen LogP contribution in [0.5, 0.6) is 0 Å². The third-order valence-corrected chi connectivity index (χ3v) is 3.58. The van der Waals surface area contributed by atoms with E-state index in [1.807, 2.05) is 17.0 Å². The van der Waals surface area contributed by atoms with Gasteiger partial charge >= 0.3 is 0 Å². The average Bonchev–Trinajstić information content (AvgIpc) is 3.20. The highest BCUT2D eigenvalue weighted by atomic mass is 35.5. The topological polar surface area (TPSA) is 29.5 Å². The van der Waals surface area contributed by atoms with Crippen LogP contribution in [0.2, 0.25) is 5.02 Å². The van der Waals surface area contributed by atoms with Gasteiger partial charge in [-0.1, -0.05) is 23.7 Å². The van der Waals surface area contributed by atoms with Crippen LogP contribution < -0.4 is 0 Å². The number of halogens is 1. The number of rotatable bonds is 7. The molecule has 0 unspecified atom stereocenters. The monoisotopic (exact) mass is 267 g/mol. The molecule has 0 aliphatic heterocycles. The largest absolute Gasteiger partial charge is 0.384 e. The van der Waals surface area contributed by atoms with Gasteiger partial charge in [0.15, 0.2) is 0 Å². The number of ether oxygens (including phenoxy) is 1. The van der Waals surface area contributed by atoms with Gasteiger partial charge in [0.2, 0.25) is 6.41 Å². The van der Waals surface area contributed by atoms with Crippen molar-refractivity contribution in [3.05, 3.63) is 34.3 Å². The molecule has 0 atom stereocenters. The van der Waals surface area contributed by atoms with E-state index in [4.69, 9.17) is 16.3 Å². The lowest BCUT2D eigenvalue weighted by molar-refractivity contribution is -0.119. The van der Waals surface area contributed by atoms with Gasteiger partial charge in [0.25, 0.3) is 0 Å². The van der Waals surface area contributed by atoms with Gasteiger partial charge in [-0.25, -0.2) is 0 Å². The minimum Gasteiger partial charge on any atom is -0.384 e. The minimum atomic E-state index is 0.418. The first-order valence-corrected chi connectivity index (χ1v) is 6.59. The van der Waals surface area contributed by atoms with Crippen LogP contribution in [0, 0.1) is 0 Å². The molecule has 98 valence electrons. The highest BCUT2D eigenvalue weighted by Gasteiger charge is 2.28. The van der Waals surface area contributed by atoms with Crippen molar-refractivity contribution in [3.8, 4) is 0 Å². The Balaban J connectivity index is 2.07. The highest BCUT2D eigenvalue weighted by molar-refractivity contribution is 6.31. The molecule has 1 aliphatic carbocycles. The summed E-state index contributed by atoms with van der Waals surface area (Å²) in [7, 11) is 1.69. The molecule has 2 rings (SSSR count). The molecule has 18 heavy (non-hydrogen) atoms. The van der Waals surface area contributed by atoms with Crippen molar-refractivity contribution in [1.82, 2.24) is 4.90 Å². The van der Waals surface area contributed by atoms with Crippen molar-refractivity contribution in [2.24, 2.45) is 0 Å². The molecular weight excluding hydrogens is 250 g/mol. The zero-order chi connectivity index (χ0) is 13.0. The summed E-state index contributed by atoms with van der Waals surface area (Å²) in [5.74, 6) is 0. The number of methoxy groups -OCH3 is 1. The fourth-order valence-electron chi connectivity index (χ4n) is 1.98. The van der Waals surface area contributed by atoms with E-state index < -0.39 is 0 Å². The molecule has 0 aromatic heterocycles. The number of amides is 1. The van der Waals surface area contributed by atoms with Gasteiger partial charge in [-0.2, -0.15) is 0 Å². The molecule has 1 fully saturated rings. The molecule has 0 spiro atoms. The van der Waals surface area contributed by atoms with E-state index in [9.17, 15) is 4.79 Å². The smallest absolute Gasteiger partial charge is 0.210 e. The number of benzene rings is 1. The van der Waals surface area contributed by atoms with Crippen molar-refractivity contribution in [2.75, 3.05) is 13.7 Å². The highest BCUT2D eigenvalue weighted by Crippen LogP contribution is 2.28. The van der Waals surface area contributed by atoms with E-state index in [-0.39, 0.29) is 0 Å². The number of hydrogen-bond acceptors (Lipinski definition) is 2. The van der Waals surface area contributed by atoms with E-state index in [1.54, 1.807) is 7.11 Å². The maximum Gasteiger partial charge on any atom is 0.210 e. The summed E-state index contributed by atoms with van der Waals surface area (Å²) in [4.78, 5) is 12.9. The van der Waals surface area contributed by atoms with Gasteiger partial charge in [-0.05, 0) is 36.5 Å². The normalized spacial score (nSPS) is 14.6. The molecule has 1 saturated carbocycles. The van der Waals surface area contributed by atoms with Crippen molar-refractivity contribution < 1.29 is 9.53 Å². The van der Waals surface area contributed by atoms with Crippen LogP contribution >= 0.6 is 11.6 Å². The van der Waals surface area contributed by atoms with Gasteiger partial charge in [-0.15, -0.1) is 0 Å². The summed E-state index contributed by atoms with van der Waals surface area (Å²) in [6, 6.07) is 6.40. The lowest BCUT2D eigenvalue weighted by Gasteiger charge is -2.18. The van der Waals surface area contributed by atoms with Crippen LogP contribution in [0.25, 0.3) is 0 Å². The van der Waals surface area contributed by atoms with Crippen LogP contribution in [0.15, 0.2) is 18.2 Å². The molecule has 0 N–H and O–H groups in total. The van der Waals surface area contributed by atoms with Crippen LogP contribution in [0.4, 0.5) is 0 Å². The molecule has 0 heterocycles. The van der Waals surface area contributed by atoms with Crippen LogP contribution in [0.3, 0.4) is 0 Å². The molecule has 3 nitrogen and oxygen atoms in total. The Bertz CT molecular complexity index is 418. The maximum absolute atomic E-state index is 11.0. The molecule has 1 amide bonds. The van der Waals surface area contributed by atoms with Crippen molar-refractivity contribution in [2.45, 2.75) is 31.8 Å². The number of carbonyl (C=O) groups is 1. The third kappa shape index (κ3) is 3.47. The van der Waals surface area contributed by atoms with Crippen LogP contribution in [-0.2, 0) is 22.5 Å². The molecule has 1 aromatic rings. The lowest BCUT2D eigenvalue weighted by Crippen LogP contribution is -2.23. The number of nitrogens with zero attached hydrogens (tertiary/aromatic N) is 1. The van der Waals surface area contributed by atoms with E-state index in [0.29, 0.717) is 19.2 Å². The first-order valence-electron chi connectivity index (χ1n) is 6.22. The van der Waals surface area contributed by atoms with E-state index >= 15 is 0 Å². The molecule has 0 saturated heterocycles. The second kappa shape index (κ2) is 6.21. The summed E-state index contributed by atoms with van der Waals surface area (Å²) in [6.45, 7) is 1.30. The van der Waals surface area contributed by atoms with Gasteiger partial charge < -0.3 is 9.64 Å². The van der Waals surface area contributed by atoms with Gasteiger partial charge in [0.05, 0.1) is 6.61 Å². The summed E-state index contributed by atoms with van der Waals surface area (Å²) >= 11 is 6.18. The van der Waals surface area contributed by atoms with Gasteiger partial charge in [0.1, 0.15) is 0 Å². The molecular formula is C14H18ClNO2. The Morgan fingerprint density at radius 2 is 2.28 bits per heavy atom. The average molecular weight is 268 g/mol. The first kappa shape index (κ1) is 13.4. The van der Waals surface area contributed by atoms with E-state index in [2.05, 4.69) is 6.07 Å². The maximum atomic E-state index is 11.0. The fourth-order valence-corrected chi connectivity index (χ4v) is 2.16. The second-order valence-corrected chi connectivity index (χ2v) is 5.08. The molecule has 0 bridgehead atoms. The fraction of sp³-hybridized carbons (Fsp3) is 0.500. The Labute approximate surface area is 113 Å². The zero-order valence-corrected chi connectivity index (χ0v) is 11.3. The van der Waals surface area contributed by atoms with Crippen LogP contribution in [0.1, 0.15) is 24.0 Å². The summed E-state index contributed by atoms with van der Waals surface area (Å²) in [6.07, 6.45) is 4.01. The van der Waals surface area contributed by atoms with E-state index in [0.717, 1.165) is 36.3 Å². The Hall–Kier alpha value is -1.06. The Morgan fingerprint density at radius 3 is 2.89 bits per heavy atom. The zero-order valence-electron chi connectivity index (χ0n) is 10.6. The molecule has 0 radical (unpaired) electrons. The van der Waals surface area contributed by atoms with Crippen molar-refractivity contribution in [3.63, 3.8) is 0 Å². The number of carbonyl (C=O) groups excluding carboxylic acids is 1. The molecule has 1 aromatic carbocycles. The van der Waals surface area contributed by atoms with Gasteiger partial charge in [0, 0.05) is 24.7 Å². The molecule has 4 heteroatoms. The summed E-state index contributed by atoms with van der Waals surface area (Å²) in [5, 5.41) is 0.726. The quantitative estimate of drug-likeness (QED) is 0.711. The summed E-state index contributed by atoms with van der Waals surface area (Å²) < 4.78 is 5.07. The second-order valence-electron chi connectivity index (χ2n) is 4.68. The lowest BCUT2D eigenvalue weighted by atomic mass is 10.1. The summed E-state index contributed by atoms with van der Waals surface area (Å²) in [5.41, 5.74) is 2.21. The third-order valence-electron chi connectivity index (χ3n) is 3.21. The molecule has 1 aliphatic rings. The van der Waals surface area contributed by atoms with Crippen LogP contribution in [-0.4, -0.2) is 31.1 Å². The van der Waals surface area contributed by atoms with Crippen molar-refractivity contribution in [1.29, 1.82) is 0 Å². The predicted molar refractivity (Wildman–Crippen MR) is 71.7 cm³/mol. The standard InChI is InChI=1S/C14H18ClNO2/c1-18-7-6-11-2-5-14(15)12(8-11)9-16(10-17)13-3-4-13/h2,5,8,10,13H,3-4,6-7,9H2,1H3. The minimum absolute atomic E-state index is 0.418.